The molecular weight excluding hydrogens is 266 g/mol. The zero-order valence-corrected chi connectivity index (χ0v) is 14.3. The summed E-state index contributed by atoms with van der Waals surface area (Å²) < 4.78 is 6.16. The number of ether oxygens (including phenoxy) is 1. The van der Waals surface area contributed by atoms with E-state index >= 15 is 0 Å². The maximum absolute atomic E-state index is 6.16. The van der Waals surface area contributed by atoms with E-state index < -0.39 is 0 Å². The highest BCUT2D eigenvalue weighted by molar-refractivity contribution is 7.98. The Balaban J connectivity index is 2.05. The number of nitrogens with one attached hydrogen (secondary N) is 1. The fourth-order valence-corrected chi connectivity index (χ4v) is 3.52. The van der Waals surface area contributed by atoms with E-state index in [0.29, 0.717) is 12.1 Å². The molecule has 1 aliphatic heterocycles. The molecule has 2 unspecified atom stereocenters. The van der Waals surface area contributed by atoms with Gasteiger partial charge in [-0.2, -0.15) is 0 Å². The van der Waals surface area contributed by atoms with Crippen molar-refractivity contribution in [2.45, 2.75) is 69.2 Å². The van der Waals surface area contributed by atoms with Crippen LogP contribution in [0, 0.1) is 0 Å². The summed E-state index contributed by atoms with van der Waals surface area (Å²) in [5.74, 6) is 0. The van der Waals surface area contributed by atoms with E-state index in [4.69, 9.17) is 4.74 Å². The van der Waals surface area contributed by atoms with Gasteiger partial charge in [0, 0.05) is 17.0 Å². The molecule has 0 amide bonds. The van der Waals surface area contributed by atoms with Crippen molar-refractivity contribution in [3.05, 3.63) is 29.8 Å². The molecule has 2 nitrogen and oxygen atoms in total. The van der Waals surface area contributed by atoms with Gasteiger partial charge in [-0.15, -0.1) is 11.8 Å². The standard InChI is InChI=1S/C17H27NOS/c1-12(13-7-9-14(20-6)10-8-13)18-15-11-16(2,3)19-17(15,4)5/h7-10,12,15,18H,11H2,1-6H3. The maximum atomic E-state index is 6.16. The molecule has 1 saturated heterocycles. The Morgan fingerprint density at radius 1 is 1.20 bits per heavy atom. The molecular formula is C17H27NOS. The normalized spacial score (nSPS) is 25.6. The molecule has 1 N–H and O–H groups in total. The quantitative estimate of drug-likeness (QED) is 0.831. The molecule has 3 heteroatoms. The Morgan fingerprint density at radius 2 is 1.80 bits per heavy atom. The van der Waals surface area contributed by atoms with Gasteiger partial charge in [-0.1, -0.05) is 12.1 Å². The van der Waals surface area contributed by atoms with Crippen LogP contribution >= 0.6 is 11.8 Å². The maximum Gasteiger partial charge on any atom is 0.0787 e. The van der Waals surface area contributed by atoms with E-state index in [1.807, 2.05) is 0 Å². The van der Waals surface area contributed by atoms with Gasteiger partial charge in [0.2, 0.25) is 0 Å². The lowest BCUT2D eigenvalue weighted by molar-refractivity contribution is -0.0703. The Bertz CT molecular complexity index is 453. The van der Waals surface area contributed by atoms with Gasteiger partial charge < -0.3 is 10.1 Å². The van der Waals surface area contributed by atoms with E-state index in [1.54, 1.807) is 11.8 Å². The first kappa shape index (κ1) is 15.9. The van der Waals surface area contributed by atoms with E-state index in [1.165, 1.54) is 10.5 Å². The van der Waals surface area contributed by atoms with Crippen LogP contribution in [0.1, 0.15) is 52.6 Å². The van der Waals surface area contributed by atoms with Gasteiger partial charge in [0.1, 0.15) is 0 Å². The highest BCUT2D eigenvalue weighted by Crippen LogP contribution is 2.38. The van der Waals surface area contributed by atoms with Crippen LogP contribution in [0.5, 0.6) is 0 Å². The van der Waals surface area contributed by atoms with E-state index in [-0.39, 0.29) is 11.2 Å². The lowest BCUT2D eigenvalue weighted by Gasteiger charge is -2.30. The topological polar surface area (TPSA) is 21.3 Å². The monoisotopic (exact) mass is 293 g/mol. The molecule has 2 atom stereocenters. The van der Waals surface area contributed by atoms with Crippen molar-refractivity contribution in [2.24, 2.45) is 0 Å². The number of hydrogen-bond donors (Lipinski definition) is 1. The van der Waals surface area contributed by atoms with Crippen LogP contribution in [0.15, 0.2) is 29.2 Å². The van der Waals surface area contributed by atoms with Crippen LogP contribution in [-0.4, -0.2) is 23.5 Å². The summed E-state index contributed by atoms with van der Waals surface area (Å²) in [5, 5.41) is 3.75. The van der Waals surface area contributed by atoms with Crippen LogP contribution < -0.4 is 5.32 Å². The molecule has 0 saturated carbocycles. The molecule has 0 aromatic heterocycles. The molecule has 0 aliphatic carbocycles. The Hall–Kier alpha value is -0.510. The molecule has 1 aromatic carbocycles. The molecule has 20 heavy (non-hydrogen) atoms. The molecule has 0 bridgehead atoms. The summed E-state index contributed by atoms with van der Waals surface area (Å²) >= 11 is 1.78. The molecule has 2 rings (SSSR count). The van der Waals surface area contributed by atoms with Crippen molar-refractivity contribution < 1.29 is 4.74 Å². The Morgan fingerprint density at radius 3 is 2.25 bits per heavy atom. The molecule has 1 heterocycles. The van der Waals surface area contributed by atoms with Crippen LogP contribution in [0.25, 0.3) is 0 Å². The second-order valence-electron chi connectivity index (χ2n) is 6.88. The molecule has 1 fully saturated rings. The van der Waals surface area contributed by atoms with Crippen LogP contribution in [0.3, 0.4) is 0 Å². The first-order chi connectivity index (χ1) is 9.23. The third-order valence-electron chi connectivity index (χ3n) is 4.14. The van der Waals surface area contributed by atoms with Crippen molar-refractivity contribution in [3.8, 4) is 0 Å². The second-order valence-corrected chi connectivity index (χ2v) is 7.76. The van der Waals surface area contributed by atoms with Gasteiger partial charge in [-0.3, -0.25) is 0 Å². The average molecular weight is 293 g/mol. The smallest absolute Gasteiger partial charge is 0.0787 e. The van der Waals surface area contributed by atoms with Crippen molar-refractivity contribution in [2.75, 3.05) is 6.26 Å². The van der Waals surface area contributed by atoms with Gasteiger partial charge in [0.25, 0.3) is 0 Å². The summed E-state index contributed by atoms with van der Waals surface area (Å²) in [7, 11) is 0. The lowest BCUT2D eigenvalue weighted by atomic mass is 9.93. The van der Waals surface area contributed by atoms with Crippen LogP contribution in [0.2, 0.25) is 0 Å². The molecule has 112 valence electrons. The minimum Gasteiger partial charge on any atom is -0.368 e. The number of benzene rings is 1. The third-order valence-corrected chi connectivity index (χ3v) is 4.88. The number of rotatable bonds is 4. The fraction of sp³-hybridized carbons (Fsp3) is 0.647. The number of hydrogen-bond acceptors (Lipinski definition) is 3. The zero-order chi connectivity index (χ0) is 15.0. The van der Waals surface area contributed by atoms with Gasteiger partial charge in [0.05, 0.1) is 11.2 Å². The minimum atomic E-state index is -0.114. The van der Waals surface area contributed by atoms with Crippen LogP contribution in [-0.2, 0) is 4.74 Å². The summed E-state index contributed by atoms with van der Waals surface area (Å²) in [6.07, 6.45) is 3.16. The minimum absolute atomic E-state index is 0.0381. The van der Waals surface area contributed by atoms with Gasteiger partial charge in [-0.25, -0.2) is 0 Å². The Labute approximate surface area is 127 Å². The predicted molar refractivity (Wildman–Crippen MR) is 87.4 cm³/mol. The SMILES string of the molecule is CSc1ccc(C(C)NC2CC(C)(C)OC2(C)C)cc1. The largest absolute Gasteiger partial charge is 0.368 e. The highest BCUT2D eigenvalue weighted by atomic mass is 32.2. The van der Waals surface area contributed by atoms with Crippen LogP contribution in [0.4, 0.5) is 0 Å². The molecule has 1 aliphatic rings. The van der Waals surface area contributed by atoms with E-state index in [9.17, 15) is 0 Å². The van der Waals surface area contributed by atoms with Crippen molar-refractivity contribution >= 4 is 11.8 Å². The predicted octanol–water partition coefficient (Wildman–Crippen LogP) is 4.41. The first-order valence-electron chi connectivity index (χ1n) is 7.34. The van der Waals surface area contributed by atoms with Gasteiger partial charge >= 0.3 is 0 Å². The van der Waals surface area contributed by atoms with E-state index in [2.05, 4.69) is 70.5 Å². The van der Waals surface area contributed by atoms with Crippen molar-refractivity contribution in [3.63, 3.8) is 0 Å². The highest BCUT2D eigenvalue weighted by Gasteiger charge is 2.46. The summed E-state index contributed by atoms with van der Waals surface area (Å²) in [6.45, 7) is 10.9. The number of thioether (sulfide) groups is 1. The zero-order valence-electron chi connectivity index (χ0n) is 13.5. The second kappa shape index (κ2) is 5.70. The third kappa shape index (κ3) is 3.57. The lowest BCUT2D eigenvalue weighted by Crippen LogP contribution is -2.44. The molecule has 1 aromatic rings. The van der Waals surface area contributed by atoms with Crippen molar-refractivity contribution in [1.29, 1.82) is 0 Å². The molecule has 0 radical (unpaired) electrons. The fourth-order valence-electron chi connectivity index (χ4n) is 3.11. The molecule has 0 spiro atoms. The Kier molecular flexibility index (Phi) is 4.53. The van der Waals surface area contributed by atoms with Crippen molar-refractivity contribution in [1.82, 2.24) is 5.32 Å². The summed E-state index contributed by atoms with van der Waals surface area (Å²) in [6, 6.07) is 9.55. The average Bonchev–Trinajstić information content (AvgIpc) is 2.57. The summed E-state index contributed by atoms with van der Waals surface area (Å²) in [4.78, 5) is 1.31. The summed E-state index contributed by atoms with van der Waals surface area (Å²) in [5.41, 5.74) is 1.18. The van der Waals surface area contributed by atoms with Gasteiger partial charge in [-0.05, 0) is 65.0 Å². The van der Waals surface area contributed by atoms with Gasteiger partial charge in [0.15, 0.2) is 0 Å². The first-order valence-corrected chi connectivity index (χ1v) is 8.56. The van der Waals surface area contributed by atoms with E-state index in [0.717, 1.165) is 6.42 Å².